The highest BCUT2D eigenvalue weighted by Crippen LogP contribution is 2.36. The van der Waals surface area contributed by atoms with E-state index in [1.54, 1.807) is 18.2 Å². The van der Waals surface area contributed by atoms with Crippen LogP contribution in [0.2, 0.25) is 5.02 Å². The Labute approximate surface area is 222 Å². The molecular formula is C27H23ClFNO6S. The Morgan fingerprint density at radius 3 is 2.41 bits per heavy atom. The predicted octanol–water partition coefficient (Wildman–Crippen LogP) is 4.96. The average Bonchev–Trinajstić information content (AvgIpc) is 2.92. The zero-order valence-electron chi connectivity index (χ0n) is 19.9. The summed E-state index contributed by atoms with van der Waals surface area (Å²) in [7, 11) is 1.23. The maximum atomic E-state index is 15.3. The van der Waals surface area contributed by atoms with Gasteiger partial charge in [0.25, 0.3) is 11.8 Å². The van der Waals surface area contributed by atoms with Gasteiger partial charge in [0, 0.05) is 21.6 Å². The topological polar surface area (TPSA) is 90.0 Å². The Hall–Kier alpha value is -3.61. The molecule has 192 valence electrons. The Bertz CT molecular complexity index is 1290. The van der Waals surface area contributed by atoms with Crippen molar-refractivity contribution in [2.45, 2.75) is 30.6 Å². The van der Waals surface area contributed by atoms with E-state index in [4.69, 9.17) is 22.8 Å². The number of carbonyl (C=O) groups excluding carboxylic acids is 4. The van der Waals surface area contributed by atoms with Crippen molar-refractivity contribution in [3.05, 3.63) is 70.0 Å². The van der Waals surface area contributed by atoms with E-state index in [0.29, 0.717) is 17.7 Å². The Morgan fingerprint density at radius 1 is 1.08 bits per heavy atom. The van der Waals surface area contributed by atoms with E-state index in [2.05, 4.69) is 10.7 Å². The Balaban J connectivity index is 2.14. The highest BCUT2D eigenvalue weighted by Gasteiger charge is 2.34. The zero-order chi connectivity index (χ0) is 26.9. The molecule has 0 saturated heterocycles. The van der Waals surface area contributed by atoms with Crippen LogP contribution in [0, 0.1) is 18.2 Å². The fraction of sp³-hybridized carbons (Fsp3) is 0.259. The van der Waals surface area contributed by atoms with Gasteiger partial charge >= 0.3 is 11.9 Å². The van der Waals surface area contributed by atoms with Gasteiger partial charge in [0.15, 0.2) is 6.61 Å². The van der Waals surface area contributed by atoms with Crippen molar-refractivity contribution < 1.29 is 33.0 Å². The molecule has 7 nitrogen and oxygen atoms in total. The number of thioether (sulfide) groups is 1. The quantitative estimate of drug-likeness (QED) is 0.201. The van der Waals surface area contributed by atoms with Crippen LogP contribution in [-0.2, 0) is 23.9 Å². The van der Waals surface area contributed by atoms with Gasteiger partial charge in [-0.3, -0.25) is 14.4 Å². The molecule has 37 heavy (non-hydrogen) atoms. The summed E-state index contributed by atoms with van der Waals surface area (Å²) in [6, 6.07) is 10.1. The van der Waals surface area contributed by atoms with Gasteiger partial charge in [0.05, 0.1) is 23.6 Å². The second-order valence-electron chi connectivity index (χ2n) is 7.86. The second kappa shape index (κ2) is 13.1. The van der Waals surface area contributed by atoms with Crippen molar-refractivity contribution in [2.24, 2.45) is 0 Å². The fourth-order valence-corrected chi connectivity index (χ4v) is 4.81. The summed E-state index contributed by atoms with van der Waals surface area (Å²) in [5.74, 6) is -1.80. The third-order valence-corrected chi connectivity index (χ3v) is 6.95. The minimum atomic E-state index is -0.932. The molecule has 0 bridgehead atoms. The predicted molar refractivity (Wildman–Crippen MR) is 138 cm³/mol. The molecule has 0 saturated carbocycles. The molecule has 0 spiro atoms. The van der Waals surface area contributed by atoms with Crippen LogP contribution in [0.3, 0.4) is 0 Å². The van der Waals surface area contributed by atoms with Crippen LogP contribution in [0.1, 0.15) is 36.0 Å². The first-order valence-corrected chi connectivity index (χ1v) is 12.6. The molecule has 2 aromatic rings. The van der Waals surface area contributed by atoms with Crippen molar-refractivity contribution in [3.8, 4) is 12.3 Å². The third kappa shape index (κ3) is 6.79. The lowest BCUT2D eigenvalue weighted by atomic mass is 9.90. The van der Waals surface area contributed by atoms with E-state index in [0.717, 1.165) is 17.8 Å². The number of esters is 2. The lowest BCUT2D eigenvalue weighted by Crippen LogP contribution is -2.40. The number of hydrogen-bond donors (Lipinski definition) is 0. The number of benzene rings is 2. The van der Waals surface area contributed by atoms with Gasteiger partial charge < -0.3 is 9.47 Å². The summed E-state index contributed by atoms with van der Waals surface area (Å²) >= 11 is 7.14. The van der Waals surface area contributed by atoms with Gasteiger partial charge in [0.1, 0.15) is 5.82 Å². The van der Waals surface area contributed by atoms with Gasteiger partial charge in [-0.15, -0.1) is 18.2 Å². The monoisotopic (exact) mass is 543 g/mol. The number of terminal acetylenes is 1. The molecule has 0 unspecified atom stereocenters. The van der Waals surface area contributed by atoms with Gasteiger partial charge in [-0.1, -0.05) is 35.7 Å². The highest BCUT2D eigenvalue weighted by atomic mass is 35.5. The second-order valence-corrected chi connectivity index (χ2v) is 9.28. The first-order chi connectivity index (χ1) is 17.8. The summed E-state index contributed by atoms with van der Waals surface area (Å²) < 4.78 is 25.0. The molecule has 3 rings (SSSR count). The summed E-state index contributed by atoms with van der Waals surface area (Å²) in [6.07, 6.45) is 6.84. The smallest absolute Gasteiger partial charge is 0.335 e. The number of carbonyl (C=O) groups is 4. The largest absolute Gasteiger partial charge is 0.468 e. The molecule has 1 aliphatic carbocycles. The van der Waals surface area contributed by atoms with Crippen molar-refractivity contribution in [2.75, 3.05) is 24.4 Å². The van der Waals surface area contributed by atoms with Crippen molar-refractivity contribution >= 4 is 52.8 Å². The van der Waals surface area contributed by atoms with Crippen LogP contribution in [0.25, 0.3) is 0 Å². The fourth-order valence-electron chi connectivity index (χ4n) is 3.71. The van der Waals surface area contributed by atoms with Crippen LogP contribution < -0.4 is 4.90 Å². The highest BCUT2D eigenvalue weighted by molar-refractivity contribution is 8.00. The number of rotatable bonds is 8. The van der Waals surface area contributed by atoms with Gasteiger partial charge in [-0.05, 0) is 49.9 Å². The van der Waals surface area contributed by atoms with Gasteiger partial charge in [-0.2, -0.15) is 0 Å². The van der Waals surface area contributed by atoms with Gasteiger partial charge in [-0.25, -0.2) is 14.1 Å². The first kappa shape index (κ1) is 28.0. The van der Waals surface area contributed by atoms with Crippen LogP contribution in [0.4, 0.5) is 10.1 Å². The van der Waals surface area contributed by atoms with Crippen molar-refractivity contribution in [1.29, 1.82) is 0 Å². The molecular weight excluding hydrogens is 521 g/mol. The van der Waals surface area contributed by atoms with Crippen LogP contribution in [0.15, 0.2) is 58.5 Å². The zero-order valence-corrected chi connectivity index (χ0v) is 21.5. The molecule has 0 fully saturated rings. The van der Waals surface area contributed by atoms with Crippen LogP contribution in [0.5, 0.6) is 0 Å². The molecule has 0 heterocycles. The number of nitrogens with zero attached hydrogens (tertiary/aromatic N) is 1. The van der Waals surface area contributed by atoms with Crippen LogP contribution >= 0.6 is 23.4 Å². The number of methoxy groups -OCH3 is 1. The molecule has 0 atom stereocenters. The Morgan fingerprint density at radius 2 is 1.76 bits per heavy atom. The summed E-state index contributed by atoms with van der Waals surface area (Å²) in [5, 5.41) is -0.00912. The lowest BCUT2D eigenvalue weighted by molar-refractivity contribution is -0.138. The molecule has 0 N–H and O–H groups in total. The number of ether oxygens (including phenoxy) is 2. The molecule has 2 amide bonds. The molecule has 0 aromatic heterocycles. The molecule has 2 aromatic carbocycles. The number of halogens is 2. The average molecular weight is 544 g/mol. The number of imide groups is 1. The first-order valence-electron chi connectivity index (χ1n) is 11.2. The van der Waals surface area contributed by atoms with E-state index in [9.17, 15) is 19.2 Å². The number of hydrogen-bond acceptors (Lipinski definition) is 7. The summed E-state index contributed by atoms with van der Waals surface area (Å²) in [5.41, 5.74) is -0.0884. The maximum absolute atomic E-state index is 15.3. The normalized spacial score (nSPS) is 12.9. The van der Waals surface area contributed by atoms with Gasteiger partial charge in [0.2, 0.25) is 0 Å². The van der Waals surface area contributed by atoms with Crippen LogP contribution in [-0.4, -0.2) is 43.2 Å². The molecule has 0 aliphatic heterocycles. The molecule has 1 aliphatic rings. The minimum absolute atomic E-state index is 0.00912. The van der Waals surface area contributed by atoms with E-state index in [1.165, 1.54) is 25.3 Å². The van der Waals surface area contributed by atoms with Crippen molar-refractivity contribution in [1.82, 2.24) is 0 Å². The summed E-state index contributed by atoms with van der Waals surface area (Å²) in [4.78, 5) is 52.7. The molecule has 10 heteroatoms. The van der Waals surface area contributed by atoms with E-state index < -0.39 is 29.6 Å². The lowest BCUT2D eigenvalue weighted by Gasteiger charge is -2.26. The SMILES string of the molecule is C#CCOC(=O)C1=C(C(=O)N(C(=O)c2ccccc2)c2cc(SCC(=O)OC)c(Cl)cc2F)CCCC1. The van der Waals surface area contributed by atoms with E-state index in [-0.39, 0.29) is 57.5 Å². The number of anilines is 1. The summed E-state index contributed by atoms with van der Waals surface area (Å²) in [6.45, 7) is -0.275. The molecule has 0 radical (unpaired) electrons. The maximum Gasteiger partial charge on any atom is 0.335 e. The van der Waals surface area contributed by atoms with E-state index in [1.807, 2.05) is 0 Å². The van der Waals surface area contributed by atoms with E-state index >= 15 is 4.39 Å². The Kier molecular flexibility index (Phi) is 9.89. The standard InChI is InChI=1S/C27H23ClFNO6S/c1-3-13-36-27(34)19-12-8-7-11-18(19)26(33)30(25(32)17-9-5-4-6-10-17)22-15-23(20(28)14-21(22)29)37-16-24(31)35-2/h1,4-6,9-10,14-15H,7-8,11-13,16H2,2H3. The van der Waals surface area contributed by atoms with Crippen molar-refractivity contribution in [3.63, 3.8) is 0 Å². The third-order valence-electron chi connectivity index (χ3n) is 5.50. The minimum Gasteiger partial charge on any atom is -0.468 e. The number of amides is 2.